The molecule has 1 aromatic heterocycles. The van der Waals surface area contributed by atoms with Crippen molar-refractivity contribution in [2.75, 3.05) is 0 Å². The van der Waals surface area contributed by atoms with E-state index >= 15 is 0 Å². The number of carbonyl (C=O) groups excluding carboxylic acids is 1. The number of hydrogen-bond donors (Lipinski definition) is 0. The molecular formula is C11H13NO. The molecule has 1 aromatic rings. The van der Waals surface area contributed by atoms with E-state index in [0.29, 0.717) is 5.56 Å². The largest absolute Gasteiger partial charge is 0.289 e. The predicted molar refractivity (Wildman–Crippen MR) is 52.7 cm³/mol. The molecule has 0 N–H and O–H groups in total. The third kappa shape index (κ3) is 2.82. The minimum atomic E-state index is 0.0468. The molecular weight excluding hydrogens is 162 g/mol. The maximum atomic E-state index is 11.5. The average molecular weight is 175 g/mol. The van der Waals surface area contributed by atoms with Gasteiger partial charge in [-0.25, -0.2) is 0 Å². The Kier molecular flexibility index (Phi) is 2.96. The molecule has 2 heteroatoms. The molecule has 0 atom stereocenters. The summed E-state index contributed by atoms with van der Waals surface area (Å²) in [7, 11) is 0. The number of aryl methyl sites for hydroxylation is 1. The van der Waals surface area contributed by atoms with E-state index in [0.717, 1.165) is 11.3 Å². The van der Waals surface area contributed by atoms with Gasteiger partial charge in [0.05, 0.1) is 0 Å². The fraction of sp³-hybridized carbons (Fsp3) is 0.273. The van der Waals surface area contributed by atoms with Crippen LogP contribution in [0.3, 0.4) is 0 Å². The predicted octanol–water partition coefficient (Wildman–Crippen LogP) is 2.54. The van der Waals surface area contributed by atoms with Gasteiger partial charge in [-0.2, -0.15) is 0 Å². The van der Waals surface area contributed by atoms with Crippen LogP contribution in [0.25, 0.3) is 0 Å². The first-order valence-corrected chi connectivity index (χ1v) is 4.21. The molecule has 0 bridgehead atoms. The van der Waals surface area contributed by atoms with Gasteiger partial charge >= 0.3 is 0 Å². The molecule has 0 aliphatic rings. The normalized spacial score (nSPS) is 9.46. The summed E-state index contributed by atoms with van der Waals surface area (Å²) in [6, 6.07) is 3.52. The molecule has 0 aliphatic heterocycles. The van der Waals surface area contributed by atoms with Gasteiger partial charge in [-0.05, 0) is 39.0 Å². The van der Waals surface area contributed by atoms with E-state index in [1.165, 1.54) is 0 Å². The van der Waals surface area contributed by atoms with E-state index in [-0.39, 0.29) is 5.78 Å². The lowest BCUT2D eigenvalue weighted by atomic mass is 10.1. The van der Waals surface area contributed by atoms with E-state index in [1.807, 2.05) is 20.8 Å². The summed E-state index contributed by atoms with van der Waals surface area (Å²) in [6.45, 7) is 5.69. The summed E-state index contributed by atoms with van der Waals surface area (Å²) in [5, 5.41) is 0. The van der Waals surface area contributed by atoms with E-state index in [2.05, 4.69) is 4.98 Å². The Bertz CT molecular complexity index is 349. The maximum absolute atomic E-state index is 11.5. The second kappa shape index (κ2) is 3.99. The van der Waals surface area contributed by atoms with E-state index in [1.54, 1.807) is 24.4 Å². The van der Waals surface area contributed by atoms with Crippen molar-refractivity contribution in [1.29, 1.82) is 0 Å². The van der Waals surface area contributed by atoms with Crippen LogP contribution in [0.5, 0.6) is 0 Å². The summed E-state index contributed by atoms with van der Waals surface area (Å²) >= 11 is 0. The standard InChI is InChI=1S/C11H13NO/c1-8(2)6-11(13)10-4-5-12-9(3)7-10/h4-7H,1-3H3. The zero-order valence-electron chi connectivity index (χ0n) is 8.16. The molecule has 0 aromatic carbocycles. The van der Waals surface area contributed by atoms with Crippen LogP contribution in [0.4, 0.5) is 0 Å². The number of nitrogens with zero attached hydrogens (tertiary/aromatic N) is 1. The molecule has 0 saturated carbocycles. The molecule has 1 rings (SSSR count). The van der Waals surface area contributed by atoms with E-state index in [4.69, 9.17) is 0 Å². The molecule has 0 aliphatic carbocycles. The number of pyridine rings is 1. The van der Waals surface area contributed by atoms with Crippen LogP contribution in [-0.4, -0.2) is 10.8 Å². The molecule has 0 saturated heterocycles. The van der Waals surface area contributed by atoms with Crippen molar-refractivity contribution < 1.29 is 4.79 Å². The first-order chi connectivity index (χ1) is 6.09. The first-order valence-electron chi connectivity index (χ1n) is 4.21. The lowest BCUT2D eigenvalue weighted by molar-refractivity contribution is 0.104. The maximum Gasteiger partial charge on any atom is 0.185 e. The van der Waals surface area contributed by atoms with Crippen molar-refractivity contribution in [3.8, 4) is 0 Å². The number of aromatic nitrogens is 1. The molecule has 13 heavy (non-hydrogen) atoms. The minimum Gasteiger partial charge on any atom is -0.289 e. The second-order valence-electron chi connectivity index (χ2n) is 3.27. The molecule has 0 radical (unpaired) electrons. The Morgan fingerprint density at radius 2 is 2.15 bits per heavy atom. The van der Waals surface area contributed by atoms with Crippen molar-refractivity contribution in [1.82, 2.24) is 4.98 Å². The number of allylic oxidation sites excluding steroid dienone is 2. The highest BCUT2D eigenvalue weighted by Crippen LogP contribution is 2.04. The first kappa shape index (κ1) is 9.65. The molecule has 1 heterocycles. The van der Waals surface area contributed by atoms with Crippen LogP contribution in [0.1, 0.15) is 29.9 Å². The number of ketones is 1. The Balaban J connectivity index is 2.96. The van der Waals surface area contributed by atoms with Crippen molar-refractivity contribution >= 4 is 5.78 Å². The van der Waals surface area contributed by atoms with Gasteiger partial charge in [0.25, 0.3) is 0 Å². The monoisotopic (exact) mass is 175 g/mol. The number of hydrogen-bond acceptors (Lipinski definition) is 2. The van der Waals surface area contributed by atoms with Crippen LogP contribution >= 0.6 is 0 Å². The van der Waals surface area contributed by atoms with Crippen molar-refractivity contribution in [3.63, 3.8) is 0 Å². The van der Waals surface area contributed by atoms with Crippen LogP contribution in [0.2, 0.25) is 0 Å². The molecule has 0 fully saturated rings. The van der Waals surface area contributed by atoms with Crippen molar-refractivity contribution in [2.45, 2.75) is 20.8 Å². The SMILES string of the molecule is CC(C)=CC(=O)c1ccnc(C)c1. The summed E-state index contributed by atoms with van der Waals surface area (Å²) in [4.78, 5) is 15.5. The van der Waals surface area contributed by atoms with Gasteiger partial charge in [-0.3, -0.25) is 9.78 Å². The zero-order chi connectivity index (χ0) is 9.84. The lowest BCUT2D eigenvalue weighted by Crippen LogP contribution is -1.96. The van der Waals surface area contributed by atoms with Crippen molar-refractivity contribution in [2.24, 2.45) is 0 Å². The van der Waals surface area contributed by atoms with Gasteiger partial charge in [0.2, 0.25) is 0 Å². The van der Waals surface area contributed by atoms with Crippen LogP contribution in [-0.2, 0) is 0 Å². The zero-order valence-corrected chi connectivity index (χ0v) is 8.16. The Morgan fingerprint density at radius 1 is 1.46 bits per heavy atom. The highest BCUT2D eigenvalue weighted by atomic mass is 16.1. The van der Waals surface area contributed by atoms with Crippen LogP contribution in [0, 0.1) is 6.92 Å². The van der Waals surface area contributed by atoms with Gasteiger partial charge in [-0.15, -0.1) is 0 Å². The Labute approximate surface area is 78.3 Å². The highest BCUT2D eigenvalue weighted by molar-refractivity contribution is 6.04. The molecule has 0 unspecified atom stereocenters. The summed E-state index contributed by atoms with van der Waals surface area (Å²) < 4.78 is 0. The van der Waals surface area contributed by atoms with E-state index < -0.39 is 0 Å². The fourth-order valence-electron chi connectivity index (χ4n) is 1.04. The third-order valence-electron chi connectivity index (χ3n) is 1.60. The lowest BCUT2D eigenvalue weighted by Gasteiger charge is -1.97. The summed E-state index contributed by atoms with van der Waals surface area (Å²) in [6.07, 6.45) is 3.29. The molecule has 2 nitrogen and oxygen atoms in total. The van der Waals surface area contributed by atoms with Gasteiger partial charge in [0.1, 0.15) is 0 Å². The summed E-state index contributed by atoms with van der Waals surface area (Å²) in [5.41, 5.74) is 2.58. The van der Waals surface area contributed by atoms with Gasteiger partial charge in [0, 0.05) is 17.5 Å². The van der Waals surface area contributed by atoms with Crippen LogP contribution in [0.15, 0.2) is 30.0 Å². The van der Waals surface area contributed by atoms with Gasteiger partial charge in [-0.1, -0.05) is 5.57 Å². The molecule has 0 amide bonds. The van der Waals surface area contributed by atoms with Gasteiger partial charge in [0.15, 0.2) is 5.78 Å². The van der Waals surface area contributed by atoms with Crippen LogP contribution < -0.4 is 0 Å². The van der Waals surface area contributed by atoms with Crippen molar-refractivity contribution in [3.05, 3.63) is 41.2 Å². The topological polar surface area (TPSA) is 30.0 Å². The molecule has 0 spiro atoms. The average Bonchev–Trinajstić information content (AvgIpc) is 2.03. The van der Waals surface area contributed by atoms with Gasteiger partial charge < -0.3 is 0 Å². The Hall–Kier alpha value is -1.44. The number of rotatable bonds is 2. The highest BCUT2D eigenvalue weighted by Gasteiger charge is 2.01. The van der Waals surface area contributed by atoms with E-state index in [9.17, 15) is 4.79 Å². The molecule has 68 valence electrons. The second-order valence-corrected chi connectivity index (χ2v) is 3.27. The number of carbonyl (C=O) groups is 1. The summed E-state index contributed by atoms with van der Waals surface area (Å²) in [5.74, 6) is 0.0468. The third-order valence-corrected chi connectivity index (χ3v) is 1.60. The Morgan fingerprint density at radius 3 is 2.69 bits per heavy atom. The minimum absolute atomic E-state index is 0.0468. The fourth-order valence-corrected chi connectivity index (χ4v) is 1.04. The quantitative estimate of drug-likeness (QED) is 0.510. The smallest absolute Gasteiger partial charge is 0.185 e.